The molecule has 1 heterocycles. The van der Waals surface area contributed by atoms with Crippen LogP contribution in [0, 0.1) is 0 Å². The van der Waals surface area contributed by atoms with Gasteiger partial charge in [-0.25, -0.2) is 0 Å². The second kappa shape index (κ2) is 5.44. The average molecular weight is 298 g/mol. The van der Waals surface area contributed by atoms with E-state index in [0.29, 0.717) is 28.0 Å². The topological polar surface area (TPSA) is 68.9 Å². The van der Waals surface area contributed by atoms with Crippen LogP contribution >= 0.6 is 0 Å². The minimum Gasteiger partial charge on any atom is -0.504 e. The number of carbonyl (C=O) groups excluding carboxylic acids is 1. The number of hydrogen-bond donors (Lipinski definition) is 1. The minimum atomic E-state index is -0.393. The quantitative estimate of drug-likeness (QED) is 0.748. The molecule has 0 unspecified atom stereocenters. The molecule has 1 aromatic heterocycles. The number of benzene rings is 2. The lowest BCUT2D eigenvalue weighted by Gasteiger charge is -2.01. The Labute approximate surface area is 126 Å². The lowest BCUT2D eigenvalue weighted by Crippen LogP contribution is -1.99. The Bertz CT molecular complexity index is 830. The molecular formula is C17H14O5. The van der Waals surface area contributed by atoms with Crippen molar-refractivity contribution in [1.29, 1.82) is 0 Å². The zero-order valence-electron chi connectivity index (χ0n) is 12.1. The summed E-state index contributed by atoms with van der Waals surface area (Å²) < 4.78 is 15.6. The van der Waals surface area contributed by atoms with Gasteiger partial charge in [0.25, 0.3) is 0 Å². The van der Waals surface area contributed by atoms with E-state index < -0.39 is 5.78 Å². The van der Waals surface area contributed by atoms with E-state index in [9.17, 15) is 9.90 Å². The number of rotatable bonds is 4. The van der Waals surface area contributed by atoms with Gasteiger partial charge >= 0.3 is 0 Å². The summed E-state index contributed by atoms with van der Waals surface area (Å²) in [4.78, 5) is 12.5. The molecule has 5 nitrogen and oxygen atoms in total. The molecule has 22 heavy (non-hydrogen) atoms. The number of hydrogen-bond acceptors (Lipinski definition) is 5. The van der Waals surface area contributed by atoms with Gasteiger partial charge < -0.3 is 19.0 Å². The SMILES string of the molecule is COc1ccc(C(=O)c2oc3ccc(OC)cc3c2O)cc1. The Morgan fingerprint density at radius 1 is 1.00 bits per heavy atom. The summed E-state index contributed by atoms with van der Waals surface area (Å²) in [7, 11) is 3.08. The van der Waals surface area contributed by atoms with Gasteiger partial charge in [-0.3, -0.25) is 4.79 Å². The van der Waals surface area contributed by atoms with Crippen LogP contribution in [-0.4, -0.2) is 25.1 Å². The van der Waals surface area contributed by atoms with Crippen molar-refractivity contribution < 1.29 is 23.8 Å². The van der Waals surface area contributed by atoms with Crippen LogP contribution in [-0.2, 0) is 0 Å². The number of carbonyl (C=O) groups is 1. The van der Waals surface area contributed by atoms with Crippen molar-refractivity contribution >= 4 is 16.8 Å². The Morgan fingerprint density at radius 3 is 2.27 bits per heavy atom. The molecule has 0 saturated carbocycles. The molecule has 0 bridgehead atoms. The zero-order valence-corrected chi connectivity index (χ0v) is 12.1. The number of furan rings is 1. The first-order valence-electron chi connectivity index (χ1n) is 6.62. The van der Waals surface area contributed by atoms with Crippen LogP contribution in [0.4, 0.5) is 0 Å². The lowest BCUT2D eigenvalue weighted by molar-refractivity contribution is 0.101. The monoisotopic (exact) mass is 298 g/mol. The first-order valence-corrected chi connectivity index (χ1v) is 6.62. The highest BCUT2D eigenvalue weighted by Gasteiger charge is 2.22. The van der Waals surface area contributed by atoms with E-state index in [4.69, 9.17) is 13.9 Å². The standard InChI is InChI=1S/C17H14O5/c1-20-11-5-3-10(4-6-11)15(18)17-16(19)13-9-12(21-2)7-8-14(13)22-17/h3-9,19H,1-2H3. The summed E-state index contributed by atoms with van der Waals surface area (Å²) in [6.07, 6.45) is 0. The van der Waals surface area contributed by atoms with Gasteiger partial charge in [0.1, 0.15) is 17.1 Å². The van der Waals surface area contributed by atoms with Gasteiger partial charge in [-0.2, -0.15) is 0 Å². The maximum Gasteiger partial charge on any atom is 0.232 e. The third-order valence-electron chi connectivity index (χ3n) is 3.43. The summed E-state index contributed by atoms with van der Waals surface area (Å²) in [5, 5.41) is 10.7. The van der Waals surface area contributed by atoms with Crippen molar-refractivity contribution in [2.75, 3.05) is 14.2 Å². The van der Waals surface area contributed by atoms with Gasteiger partial charge in [0.15, 0.2) is 5.75 Å². The van der Waals surface area contributed by atoms with Gasteiger partial charge in [-0.1, -0.05) is 0 Å². The first kappa shape index (κ1) is 14.0. The molecule has 0 aliphatic rings. The maximum absolute atomic E-state index is 12.5. The predicted octanol–water partition coefficient (Wildman–Crippen LogP) is 3.39. The molecule has 0 fully saturated rings. The average Bonchev–Trinajstić information content (AvgIpc) is 2.90. The van der Waals surface area contributed by atoms with Gasteiger partial charge in [0.2, 0.25) is 11.5 Å². The lowest BCUT2D eigenvalue weighted by atomic mass is 10.1. The molecule has 0 radical (unpaired) electrons. The molecule has 0 saturated heterocycles. The van der Waals surface area contributed by atoms with Crippen molar-refractivity contribution in [3.63, 3.8) is 0 Å². The van der Waals surface area contributed by atoms with Crippen LogP contribution in [0.1, 0.15) is 16.1 Å². The van der Waals surface area contributed by atoms with Crippen molar-refractivity contribution in [3.05, 3.63) is 53.8 Å². The summed E-state index contributed by atoms with van der Waals surface area (Å²) in [6, 6.07) is 11.6. The first-order chi connectivity index (χ1) is 10.6. The Hall–Kier alpha value is -2.95. The van der Waals surface area contributed by atoms with Crippen LogP contribution in [0.3, 0.4) is 0 Å². The van der Waals surface area contributed by atoms with Crippen LogP contribution in [0.2, 0.25) is 0 Å². The van der Waals surface area contributed by atoms with E-state index in [1.165, 1.54) is 7.11 Å². The van der Waals surface area contributed by atoms with E-state index in [0.717, 1.165) is 0 Å². The fraction of sp³-hybridized carbons (Fsp3) is 0.118. The van der Waals surface area contributed by atoms with Gasteiger partial charge in [-0.15, -0.1) is 0 Å². The molecule has 0 atom stereocenters. The third kappa shape index (κ3) is 2.26. The fourth-order valence-corrected chi connectivity index (χ4v) is 2.22. The molecule has 0 aliphatic heterocycles. The van der Waals surface area contributed by atoms with Crippen LogP contribution in [0.15, 0.2) is 46.9 Å². The number of fused-ring (bicyclic) bond motifs is 1. The molecular weight excluding hydrogens is 284 g/mol. The summed E-state index contributed by atoms with van der Waals surface area (Å²) in [5.41, 5.74) is 0.831. The highest BCUT2D eigenvalue weighted by molar-refractivity contribution is 6.12. The maximum atomic E-state index is 12.5. The number of ketones is 1. The van der Waals surface area contributed by atoms with Gasteiger partial charge in [-0.05, 0) is 42.5 Å². The Balaban J connectivity index is 2.04. The van der Waals surface area contributed by atoms with Crippen molar-refractivity contribution in [2.45, 2.75) is 0 Å². The van der Waals surface area contributed by atoms with E-state index in [-0.39, 0.29) is 11.5 Å². The summed E-state index contributed by atoms with van der Waals surface area (Å²) >= 11 is 0. The number of ether oxygens (including phenoxy) is 2. The highest BCUT2D eigenvalue weighted by atomic mass is 16.5. The molecule has 3 rings (SSSR count). The Morgan fingerprint density at radius 2 is 1.64 bits per heavy atom. The van der Waals surface area contributed by atoms with E-state index >= 15 is 0 Å². The molecule has 0 aliphatic carbocycles. The molecule has 112 valence electrons. The van der Waals surface area contributed by atoms with Crippen molar-refractivity contribution in [3.8, 4) is 17.2 Å². The number of methoxy groups -OCH3 is 2. The highest BCUT2D eigenvalue weighted by Crippen LogP contribution is 2.35. The largest absolute Gasteiger partial charge is 0.504 e. The third-order valence-corrected chi connectivity index (χ3v) is 3.43. The summed E-state index contributed by atoms with van der Waals surface area (Å²) in [6.45, 7) is 0. The van der Waals surface area contributed by atoms with E-state index in [2.05, 4.69) is 0 Å². The van der Waals surface area contributed by atoms with Gasteiger partial charge in [0.05, 0.1) is 19.6 Å². The van der Waals surface area contributed by atoms with Crippen molar-refractivity contribution in [2.24, 2.45) is 0 Å². The Kier molecular flexibility index (Phi) is 3.47. The van der Waals surface area contributed by atoms with E-state index in [1.54, 1.807) is 49.6 Å². The van der Waals surface area contributed by atoms with E-state index in [1.807, 2.05) is 0 Å². The summed E-state index contributed by atoms with van der Waals surface area (Å²) in [5.74, 6) is 0.556. The van der Waals surface area contributed by atoms with Gasteiger partial charge in [0, 0.05) is 5.56 Å². The fourth-order valence-electron chi connectivity index (χ4n) is 2.22. The molecule has 2 aromatic carbocycles. The molecule has 5 heteroatoms. The molecule has 0 spiro atoms. The number of aromatic hydroxyl groups is 1. The molecule has 0 amide bonds. The molecule has 1 N–H and O–H groups in total. The van der Waals surface area contributed by atoms with Crippen LogP contribution < -0.4 is 9.47 Å². The smallest absolute Gasteiger partial charge is 0.232 e. The van der Waals surface area contributed by atoms with Crippen LogP contribution in [0.5, 0.6) is 17.2 Å². The second-order valence-electron chi connectivity index (χ2n) is 4.70. The van der Waals surface area contributed by atoms with Crippen molar-refractivity contribution in [1.82, 2.24) is 0 Å². The van der Waals surface area contributed by atoms with Crippen LogP contribution in [0.25, 0.3) is 11.0 Å². The second-order valence-corrected chi connectivity index (χ2v) is 4.70. The minimum absolute atomic E-state index is 0.0894. The zero-order chi connectivity index (χ0) is 15.7. The predicted molar refractivity (Wildman–Crippen MR) is 80.9 cm³/mol. The normalized spacial score (nSPS) is 10.6. The molecule has 3 aromatic rings.